The number of carbonyl (C=O) groups is 2. The van der Waals surface area contributed by atoms with Gasteiger partial charge in [-0.25, -0.2) is 9.59 Å². The van der Waals surface area contributed by atoms with Gasteiger partial charge < -0.3 is 20.1 Å². The third kappa shape index (κ3) is 4.41. The van der Waals surface area contributed by atoms with E-state index in [0.717, 1.165) is 5.56 Å². The molecular formula is C20H19ClN2O4. The first-order chi connectivity index (χ1) is 13.0. The van der Waals surface area contributed by atoms with E-state index in [1.807, 2.05) is 0 Å². The Kier molecular flexibility index (Phi) is 5.66. The van der Waals surface area contributed by atoms with E-state index in [9.17, 15) is 9.59 Å². The van der Waals surface area contributed by atoms with Crippen molar-refractivity contribution in [2.75, 3.05) is 6.61 Å². The Labute approximate surface area is 162 Å². The zero-order valence-electron chi connectivity index (χ0n) is 14.9. The summed E-state index contributed by atoms with van der Waals surface area (Å²) in [6, 6.07) is 13.2. The molecular weight excluding hydrogens is 368 g/mol. The van der Waals surface area contributed by atoms with E-state index >= 15 is 0 Å². The fourth-order valence-corrected chi connectivity index (χ4v) is 2.92. The largest absolute Gasteiger partial charge is 0.463 e. The van der Waals surface area contributed by atoms with E-state index in [1.165, 1.54) is 0 Å². The van der Waals surface area contributed by atoms with Crippen molar-refractivity contribution >= 4 is 23.6 Å². The molecule has 0 fully saturated rings. The van der Waals surface area contributed by atoms with Crippen molar-refractivity contribution in [2.24, 2.45) is 0 Å². The molecule has 1 unspecified atom stereocenters. The second kappa shape index (κ2) is 8.14. The summed E-state index contributed by atoms with van der Waals surface area (Å²) in [5.41, 5.74) is 1.60. The van der Waals surface area contributed by atoms with Crippen molar-refractivity contribution in [3.05, 3.63) is 70.4 Å². The number of nitrogens with one attached hydrogen (secondary N) is 2. The highest BCUT2D eigenvalue weighted by Gasteiger charge is 2.32. The number of amides is 2. The molecule has 0 spiro atoms. The van der Waals surface area contributed by atoms with E-state index in [1.54, 1.807) is 62.4 Å². The van der Waals surface area contributed by atoms with Gasteiger partial charge in [0.2, 0.25) is 0 Å². The number of benzene rings is 2. The van der Waals surface area contributed by atoms with Crippen molar-refractivity contribution < 1.29 is 19.1 Å². The molecule has 0 aromatic heterocycles. The first-order valence-electron chi connectivity index (χ1n) is 8.46. The summed E-state index contributed by atoms with van der Waals surface area (Å²) in [4.78, 5) is 24.2. The Morgan fingerprint density at radius 3 is 2.26 bits per heavy atom. The first-order valence-corrected chi connectivity index (χ1v) is 8.84. The van der Waals surface area contributed by atoms with Crippen LogP contribution in [0.5, 0.6) is 11.5 Å². The van der Waals surface area contributed by atoms with Gasteiger partial charge in [0.15, 0.2) is 0 Å². The molecule has 27 heavy (non-hydrogen) atoms. The van der Waals surface area contributed by atoms with Gasteiger partial charge in [-0.3, -0.25) is 0 Å². The lowest BCUT2D eigenvalue weighted by molar-refractivity contribution is -0.139. The third-order valence-corrected chi connectivity index (χ3v) is 4.28. The minimum Gasteiger partial charge on any atom is -0.463 e. The van der Waals surface area contributed by atoms with Gasteiger partial charge in [-0.1, -0.05) is 23.7 Å². The number of esters is 1. The van der Waals surface area contributed by atoms with E-state index in [2.05, 4.69) is 10.6 Å². The quantitative estimate of drug-likeness (QED) is 0.750. The number of halogens is 1. The SMILES string of the molecule is CCOC(=O)C1=C(C)NC(=O)NC1c1ccc(Oc2ccc(Cl)cc2)cc1. The third-order valence-electron chi connectivity index (χ3n) is 4.03. The molecule has 2 aromatic rings. The summed E-state index contributed by atoms with van der Waals surface area (Å²) < 4.78 is 10.9. The van der Waals surface area contributed by atoms with Crippen LogP contribution in [0.1, 0.15) is 25.5 Å². The number of allylic oxidation sites excluding steroid dienone is 1. The average molecular weight is 387 g/mol. The van der Waals surface area contributed by atoms with Crippen LogP contribution in [0, 0.1) is 0 Å². The van der Waals surface area contributed by atoms with Crippen LogP contribution in [0.3, 0.4) is 0 Å². The summed E-state index contributed by atoms with van der Waals surface area (Å²) in [5, 5.41) is 6.01. The van der Waals surface area contributed by atoms with Crippen molar-refractivity contribution in [2.45, 2.75) is 19.9 Å². The minimum absolute atomic E-state index is 0.254. The Balaban J connectivity index is 1.83. The Morgan fingerprint density at radius 1 is 1.07 bits per heavy atom. The molecule has 0 saturated heterocycles. The van der Waals surface area contributed by atoms with Crippen LogP contribution in [-0.2, 0) is 9.53 Å². The van der Waals surface area contributed by atoms with Crippen LogP contribution in [0.2, 0.25) is 5.02 Å². The molecule has 2 N–H and O–H groups in total. The lowest BCUT2D eigenvalue weighted by atomic mass is 9.95. The Hall–Kier alpha value is -2.99. The zero-order chi connectivity index (χ0) is 19.4. The van der Waals surface area contributed by atoms with Crippen LogP contribution in [0.4, 0.5) is 4.79 Å². The maximum absolute atomic E-state index is 12.3. The standard InChI is InChI=1S/C20H19ClN2O4/c1-3-26-19(24)17-12(2)22-20(25)23-18(17)13-4-8-15(9-5-13)27-16-10-6-14(21)7-11-16/h4-11,18H,3H2,1-2H3,(H2,22,23,25). The molecule has 0 saturated carbocycles. The molecule has 140 valence electrons. The monoisotopic (exact) mass is 386 g/mol. The van der Waals surface area contributed by atoms with E-state index < -0.39 is 12.0 Å². The molecule has 1 aliphatic rings. The van der Waals surface area contributed by atoms with Crippen molar-refractivity contribution in [1.29, 1.82) is 0 Å². The lowest BCUT2D eigenvalue weighted by Crippen LogP contribution is -2.45. The number of carbonyl (C=O) groups excluding carboxylic acids is 2. The lowest BCUT2D eigenvalue weighted by Gasteiger charge is -2.28. The molecule has 6 nitrogen and oxygen atoms in total. The second-order valence-corrected chi connectivity index (χ2v) is 6.35. The normalized spacial score (nSPS) is 16.4. The van der Waals surface area contributed by atoms with Gasteiger partial charge in [0.25, 0.3) is 0 Å². The molecule has 0 bridgehead atoms. The summed E-state index contributed by atoms with van der Waals surface area (Å²) in [5.74, 6) is 0.819. The molecule has 2 aromatic carbocycles. The van der Waals surface area contributed by atoms with Gasteiger partial charge in [0, 0.05) is 10.7 Å². The van der Waals surface area contributed by atoms with E-state index in [0.29, 0.717) is 27.8 Å². The molecule has 0 radical (unpaired) electrons. The van der Waals surface area contributed by atoms with Crippen LogP contribution >= 0.6 is 11.6 Å². The fraction of sp³-hybridized carbons (Fsp3) is 0.200. The highest BCUT2D eigenvalue weighted by atomic mass is 35.5. The average Bonchev–Trinajstić information content (AvgIpc) is 2.64. The highest BCUT2D eigenvalue weighted by molar-refractivity contribution is 6.30. The van der Waals surface area contributed by atoms with E-state index in [4.69, 9.17) is 21.1 Å². The topological polar surface area (TPSA) is 76.7 Å². The molecule has 1 aliphatic heterocycles. The van der Waals surface area contributed by atoms with Crippen LogP contribution < -0.4 is 15.4 Å². The number of urea groups is 1. The summed E-state index contributed by atoms with van der Waals surface area (Å²) in [6.07, 6.45) is 0. The van der Waals surface area contributed by atoms with Gasteiger partial charge in [-0.05, 0) is 55.8 Å². The highest BCUT2D eigenvalue weighted by Crippen LogP contribution is 2.30. The minimum atomic E-state index is -0.595. The smallest absolute Gasteiger partial charge is 0.338 e. The summed E-state index contributed by atoms with van der Waals surface area (Å²) in [7, 11) is 0. The second-order valence-electron chi connectivity index (χ2n) is 5.92. The predicted molar refractivity (Wildman–Crippen MR) is 102 cm³/mol. The number of hydrogen-bond donors (Lipinski definition) is 2. The van der Waals surface area contributed by atoms with Gasteiger partial charge >= 0.3 is 12.0 Å². The van der Waals surface area contributed by atoms with E-state index in [-0.39, 0.29) is 12.6 Å². The summed E-state index contributed by atoms with van der Waals surface area (Å²) in [6.45, 7) is 3.67. The van der Waals surface area contributed by atoms with Gasteiger partial charge in [-0.2, -0.15) is 0 Å². The van der Waals surface area contributed by atoms with Crippen molar-refractivity contribution in [3.63, 3.8) is 0 Å². The molecule has 1 heterocycles. The number of rotatable bonds is 5. The van der Waals surface area contributed by atoms with Gasteiger partial charge in [0.1, 0.15) is 11.5 Å². The predicted octanol–water partition coefficient (Wildman–Crippen LogP) is 4.32. The van der Waals surface area contributed by atoms with Crippen molar-refractivity contribution in [3.8, 4) is 11.5 Å². The van der Waals surface area contributed by atoms with Crippen LogP contribution in [0.15, 0.2) is 59.8 Å². The van der Waals surface area contributed by atoms with Crippen molar-refractivity contribution in [1.82, 2.24) is 10.6 Å². The first kappa shape index (κ1) is 18.8. The zero-order valence-corrected chi connectivity index (χ0v) is 15.7. The fourth-order valence-electron chi connectivity index (χ4n) is 2.79. The summed E-state index contributed by atoms with van der Waals surface area (Å²) >= 11 is 5.87. The Morgan fingerprint density at radius 2 is 1.67 bits per heavy atom. The Bertz CT molecular complexity index is 876. The molecule has 1 atom stereocenters. The van der Waals surface area contributed by atoms with Crippen LogP contribution in [0.25, 0.3) is 0 Å². The molecule has 7 heteroatoms. The number of ether oxygens (including phenoxy) is 2. The van der Waals surface area contributed by atoms with Gasteiger partial charge in [-0.15, -0.1) is 0 Å². The molecule has 2 amide bonds. The number of hydrogen-bond acceptors (Lipinski definition) is 4. The van der Waals surface area contributed by atoms with Crippen LogP contribution in [-0.4, -0.2) is 18.6 Å². The maximum atomic E-state index is 12.3. The van der Waals surface area contributed by atoms with Gasteiger partial charge in [0.05, 0.1) is 18.2 Å². The molecule has 3 rings (SSSR count). The molecule has 0 aliphatic carbocycles. The maximum Gasteiger partial charge on any atom is 0.338 e.